The Bertz CT molecular complexity index is 325. The molecule has 0 aliphatic rings. The van der Waals surface area contributed by atoms with E-state index < -0.39 is 5.97 Å². The highest BCUT2D eigenvalue weighted by Crippen LogP contribution is 2.18. The molecule has 0 saturated carbocycles. The van der Waals surface area contributed by atoms with Gasteiger partial charge in [-0.05, 0) is 6.42 Å². The monoisotopic (exact) mass is 245 g/mol. The van der Waals surface area contributed by atoms with Crippen LogP contribution in [0.25, 0.3) is 0 Å². The molecule has 0 saturated heterocycles. The number of hydrogen-bond donors (Lipinski definition) is 1. The lowest BCUT2D eigenvalue weighted by molar-refractivity contribution is -0.140. The second-order valence-electron chi connectivity index (χ2n) is 3.34. The summed E-state index contributed by atoms with van der Waals surface area (Å²) in [4.78, 5) is 15.0. The Morgan fingerprint density at radius 2 is 2.47 bits per heavy atom. The fourth-order valence-corrected chi connectivity index (χ4v) is 2.81. The topological polar surface area (TPSA) is 50.2 Å². The van der Waals surface area contributed by atoms with Crippen molar-refractivity contribution in [2.24, 2.45) is 5.92 Å². The fraction of sp³-hybridized carbons (Fsp3) is 0.600. The van der Waals surface area contributed by atoms with Crippen molar-refractivity contribution in [1.29, 1.82) is 0 Å². The number of rotatable bonds is 6. The van der Waals surface area contributed by atoms with Gasteiger partial charge in [-0.2, -0.15) is 11.8 Å². The highest BCUT2D eigenvalue weighted by Gasteiger charge is 2.10. The number of aryl methyl sites for hydroxylation is 1. The average molecular weight is 245 g/mol. The molecule has 1 atom stereocenters. The number of thiazole rings is 1. The van der Waals surface area contributed by atoms with Crippen molar-refractivity contribution in [2.75, 3.05) is 5.75 Å². The summed E-state index contributed by atoms with van der Waals surface area (Å²) in [7, 11) is 0. The van der Waals surface area contributed by atoms with E-state index in [1.807, 2.05) is 0 Å². The fourth-order valence-electron chi connectivity index (χ4n) is 0.989. The maximum Gasteiger partial charge on any atom is 0.307 e. The van der Waals surface area contributed by atoms with Crippen molar-refractivity contribution < 1.29 is 9.90 Å². The van der Waals surface area contributed by atoms with E-state index in [0.717, 1.165) is 22.9 Å². The SMILES string of the molecule is CCc1nc(CSCC(C)C(=O)O)cs1. The first-order valence-electron chi connectivity index (χ1n) is 4.87. The van der Waals surface area contributed by atoms with Crippen LogP contribution in [0.5, 0.6) is 0 Å². The number of carboxylic acids is 1. The molecule has 0 radical (unpaired) electrons. The summed E-state index contributed by atoms with van der Waals surface area (Å²) in [6, 6.07) is 0. The van der Waals surface area contributed by atoms with Gasteiger partial charge in [-0.1, -0.05) is 13.8 Å². The van der Waals surface area contributed by atoms with E-state index in [4.69, 9.17) is 5.11 Å². The number of aliphatic carboxylic acids is 1. The minimum Gasteiger partial charge on any atom is -0.481 e. The number of carbonyl (C=O) groups is 1. The van der Waals surface area contributed by atoms with Crippen LogP contribution in [-0.2, 0) is 17.0 Å². The molecule has 0 amide bonds. The standard InChI is InChI=1S/C10H15NO2S2/c1-3-9-11-8(6-15-9)5-14-4-7(2)10(12)13/h6-7H,3-5H2,1-2H3,(H,12,13). The van der Waals surface area contributed by atoms with Gasteiger partial charge in [0.15, 0.2) is 0 Å². The van der Waals surface area contributed by atoms with Gasteiger partial charge in [0, 0.05) is 16.9 Å². The van der Waals surface area contributed by atoms with Crippen molar-refractivity contribution in [1.82, 2.24) is 4.98 Å². The summed E-state index contributed by atoms with van der Waals surface area (Å²) >= 11 is 3.30. The van der Waals surface area contributed by atoms with Crippen LogP contribution >= 0.6 is 23.1 Å². The third-order valence-corrected chi connectivity index (χ3v) is 4.22. The Hall–Kier alpha value is -0.550. The van der Waals surface area contributed by atoms with Gasteiger partial charge >= 0.3 is 5.97 Å². The van der Waals surface area contributed by atoms with Crippen LogP contribution in [-0.4, -0.2) is 21.8 Å². The third-order valence-electron chi connectivity index (χ3n) is 1.94. The van der Waals surface area contributed by atoms with Crippen LogP contribution in [0.15, 0.2) is 5.38 Å². The Labute approximate surface area is 97.9 Å². The summed E-state index contributed by atoms with van der Waals surface area (Å²) in [6.07, 6.45) is 0.973. The molecule has 0 bridgehead atoms. The molecule has 84 valence electrons. The molecule has 0 fully saturated rings. The van der Waals surface area contributed by atoms with Gasteiger partial charge in [-0.15, -0.1) is 11.3 Å². The molecule has 0 spiro atoms. The first kappa shape index (κ1) is 12.5. The first-order chi connectivity index (χ1) is 7.13. The number of nitrogens with zero attached hydrogens (tertiary/aromatic N) is 1. The van der Waals surface area contributed by atoms with Crippen molar-refractivity contribution in [2.45, 2.75) is 26.0 Å². The lowest BCUT2D eigenvalue weighted by Gasteiger charge is -2.03. The summed E-state index contributed by atoms with van der Waals surface area (Å²) in [6.45, 7) is 3.82. The quantitative estimate of drug-likeness (QED) is 0.837. The lowest BCUT2D eigenvalue weighted by atomic mass is 10.2. The highest BCUT2D eigenvalue weighted by atomic mass is 32.2. The van der Waals surface area contributed by atoms with Gasteiger partial charge in [0.2, 0.25) is 0 Å². The van der Waals surface area contributed by atoms with Crippen LogP contribution in [0.2, 0.25) is 0 Å². The van der Waals surface area contributed by atoms with E-state index in [9.17, 15) is 4.79 Å². The second kappa shape index (κ2) is 6.12. The second-order valence-corrected chi connectivity index (χ2v) is 5.31. The molecule has 15 heavy (non-hydrogen) atoms. The van der Waals surface area contributed by atoms with Crippen LogP contribution in [0.1, 0.15) is 24.5 Å². The summed E-state index contributed by atoms with van der Waals surface area (Å²) in [5, 5.41) is 11.9. The number of thioether (sulfide) groups is 1. The molecule has 5 heteroatoms. The van der Waals surface area contributed by atoms with Crippen LogP contribution in [0.3, 0.4) is 0 Å². The van der Waals surface area contributed by atoms with E-state index >= 15 is 0 Å². The number of aromatic nitrogens is 1. The predicted molar refractivity (Wildman–Crippen MR) is 64.5 cm³/mol. The summed E-state index contributed by atoms with van der Waals surface area (Å²) < 4.78 is 0. The predicted octanol–water partition coefficient (Wildman–Crippen LogP) is 2.66. The Kier molecular flexibility index (Phi) is 5.11. The minimum atomic E-state index is -0.727. The molecule has 0 aromatic carbocycles. The molecule has 1 aromatic rings. The number of hydrogen-bond acceptors (Lipinski definition) is 4. The first-order valence-corrected chi connectivity index (χ1v) is 6.90. The van der Waals surface area contributed by atoms with Crippen LogP contribution in [0, 0.1) is 5.92 Å². The van der Waals surface area contributed by atoms with Crippen molar-refractivity contribution in [3.8, 4) is 0 Å². The molecule has 1 N–H and O–H groups in total. The molecule has 0 aliphatic heterocycles. The molecule has 3 nitrogen and oxygen atoms in total. The van der Waals surface area contributed by atoms with E-state index in [2.05, 4.69) is 17.3 Å². The maximum atomic E-state index is 10.6. The average Bonchev–Trinajstić information content (AvgIpc) is 2.65. The number of carboxylic acid groups (broad SMARTS) is 1. The zero-order valence-corrected chi connectivity index (χ0v) is 10.5. The lowest BCUT2D eigenvalue weighted by Crippen LogP contribution is -2.11. The Balaban J connectivity index is 2.28. The van der Waals surface area contributed by atoms with Gasteiger partial charge in [-0.3, -0.25) is 4.79 Å². The van der Waals surface area contributed by atoms with Gasteiger partial charge < -0.3 is 5.11 Å². The maximum absolute atomic E-state index is 10.6. The van der Waals surface area contributed by atoms with Crippen molar-refractivity contribution >= 4 is 29.1 Å². The Morgan fingerprint density at radius 3 is 3.00 bits per heavy atom. The van der Waals surface area contributed by atoms with Crippen LogP contribution in [0.4, 0.5) is 0 Å². The van der Waals surface area contributed by atoms with E-state index in [-0.39, 0.29) is 5.92 Å². The largest absolute Gasteiger partial charge is 0.481 e. The molecule has 1 heterocycles. The van der Waals surface area contributed by atoms with Gasteiger partial charge in [0.25, 0.3) is 0 Å². The molecule has 1 rings (SSSR count). The summed E-state index contributed by atoms with van der Waals surface area (Å²) in [5.74, 6) is 0.455. The smallest absolute Gasteiger partial charge is 0.307 e. The normalized spacial score (nSPS) is 12.7. The van der Waals surface area contributed by atoms with Crippen molar-refractivity contribution in [3.63, 3.8) is 0 Å². The molecular weight excluding hydrogens is 230 g/mol. The minimum absolute atomic E-state index is 0.278. The molecular formula is C10H15NO2S2. The highest BCUT2D eigenvalue weighted by molar-refractivity contribution is 7.98. The zero-order valence-electron chi connectivity index (χ0n) is 8.90. The molecule has 0 aliphatic carbocycles. The molecule has 1 aromatic heterocycles. The van der Waals surface area contributed by atoms with Gasteiger partial charge in [0.1, 0.15) is 0 Å². The van der Waals surface area contributed by atoms with Crippen LogP contribution < -0.4 is 0 Å². The van der Waals surface area contributed by atoms with Crippen molar-refractivity contribution in [3.05, 3.63) is 16.1 Å². The zero-order chi connectivity index (χ0) is 11.3. The van der Waals surface area contributed by atoms with E-state index in [1.165, 1.54) is 0 Å². The third kappa shape index (κ3) is 4.22. The summed E-state index contributed by atoms with van der Waals surface area (Å²) in [5.41, 5.74) is 1.07. The van der Waals surface area contributed by atoms with Gasteiger partial charge in [-0.25, -0.2) is 4.98 Å². The van der Waals surface area contributed by atoms with E-state index in [0.29, 0.717) is 5.75 Å². The van der Waals surface area contributed by atoms with Gasteiger partial charge in [0.05, 0.1) is 16.6 Å². The Morgan fingerprint density at radius 1 is 1.73 bits per heavy atom. The molecule has 1 unspecified atom stereocenters. The van der Waals surface area contributed by atoms with E-state index in [1.54, 1.807) is 30.0 Å².